The van der Waals surface area contributed by atoms with Crippen molar-refractivity contribution in [2.75, 3.05) is 13.1 Å². The molecule has 0 radical (unpaired) electrons. The average molecular weight is 352 g/mol. The molecule has 1 atom stereocenters. The van der Waals surface area contributed by atoms with E-state index in [-0.39, 0.29) is 0 Å². The van der Waals surface area contributed by atoms with E-state index in [4.69, 9.17) is 0 Å². The monoisotopic (exact) mass is 351 g/mol. The standard InChI is InChI=1S/C17H22BrNO2/c18-15-6-5-14-12-17(16(20)21,8-7-13(14)11-15)19-9-3-1-2-4-10-19/h5-6,11H,1-4,7-10,12H2,(H,20,21). The summed E-state index contributed by atoms with van der Waals surface area (Å²) in [4.78, 5) is 14.4. The second-order valence-electron chi connectivity index (χ2n) is 6.33. The Morgan fingerprint density at radius 1 is 1.14 bits per heavy atom. The second-order valence-corrected chi connectivity index (χ2v) is 7.24. The molecule has 1 saturated heterocycles. The van der Waals surface area contributed by atoms with Crippen molar-refractivity contribution in [3.05, 3.63) is 33.8 Å². The highest BCUT2D eigenvalue weighted by atomic mass is 79.9. The van der Waals surface area contributed by atoms with Crippen LogP contribution in [0, 0.1) is 0 Å². The van der Waals surface area contributed by atoms with Crippen molar-refractivity contribution >= 4 is 21.9 Å². The number of hydrogen-bond acceptors (Lipinski definition) is 2. The van der Waals surface area contributed by atoms with Crippen LogP contribution in [0.3, 0.4) is 0 Å². The van der Waals surface area contributed by atoms with Crippen LogP contribution in [0.1, 0.15) is 43.2 Å². The van der Waals surface area contributed by atoms with Crippen LogP contribution in [0.4, 0.5) is 0 Å². The third kappa shape index (κ3) is 2.88. The molecule has 4 heteroatoms. The van der Waals surface area contributed by atoms with Gasteiger partial charge in [0.05, 0.1) is 0 Å². The Hall–Kier alpha value is -0.870. The third-order valence-electron chi connectivity index (χ3n) is 5.07. The number of nitrogens with zero attached hydrogens (tertiary/aromatic N) is 1. The summed E-state index contributed by atoms with van der Waals surface area (Å²) in [5.74, 6) is -0.641. The fraction of sp³-hybridized carbons (Fsp3) is 0.588. The number of likely N-dealkylation sites (tertiary alicyclic amines) is 1. The number of rotatable bonds is 2. The van der Waals surface area contributed by atoms with Gasteiger partial charge in [0.25, 0.3) is 0 Å². The first kappa shape index (κ1) is 15.0. The number of benzene rings is 1. The van der Waals surface area contributed by atoms with Crippen LogP contribution in [0.25, 0.3) is 0 Å². The normalized spacial score (nSPS) is 26.9. The lowest BCUT2D eigenvalue weighted by atomic mass is 9.76. The summed E-state index contributed by atoms with van der Waals surface area (Å²) in [6.45, 7) is 1.86. The van der Waals surface area contributed by atoms with Gasteiger partial charge in [0.1, 0.15) is 5.54 Å². The minimum atomic E-state index is -0.689. The van der Waals surface area contributed by atoms with E-state index in [1.54, 1.807) is 0 Å². The van der Waals surface area contributed by atoms with E-state index in [0.717, 1.165) is 43.2 Å². The molecule has 0 saturated carbocycles. The van der Waals surface area contributed by atoms with Gasteiger partial charge in [0, 0.05) is 10.9 Å². The Morgan fingerprint density at radius 2 is 1.86 bits per heavy atom. The van der Waals surface area contributed by atoms with Gasteiger partial charge in [0.15, 0.2) is 0 Å². The van der Waals surface area contributed by atoms with Gasteiger partial charge < -0.3 is 5.11 Å². The molecule has 1 fully saturated rings. The molecule has 1 aromatic rings. The second kappa shape index (κ2) is 6.09. The number of hydrogen-bond donors (Lipinski definition) is 1. The SMILES string of the molecule is O=C(O)C1(N2CCCCCC2)CCc2cc(Br)ccc2C1. The van der Waals surface area contributed by atoms with E-state index < -0.39 is 11.5 Å². The summed E-state index contributed by atoms with van der Waals surface area (Å²) < 4.78 is 1.08. The summed E-state index contributed by atoms with van der Waals surface area (Å²) in [5.41, 5.74) is 1.82. The maximum atomic E-state index is 12.1. The van der Waals surface area contributed by atoms with Gasteiger partial charge in [-0.15, -0.1) is 0 Å². The predicted molar refractivity (Wildman–Crippen MR) is 86.6 cm³/mol. The number of carbonyl (C=O) groups is 1. The molecule has 3 rings (SSSR count). The lowest BCUT2D eigenvalue weighted by Gasteiger charge is -2.43. The van der Waals surface area contributed by atoms with Gasteiger partial charge in [-0.1, -0.05) is 34.8 Å². The summed E-state index contributed by atoms with van der Waals surface area (Å²) >= 11 is 3.51. The highest BCUT2D eigenvalue weighted by Gasteiger charge is 2.46. The van der Waals surface area contributed by atoms with E-state index in [1.807, 2.05) is 6.07 Å². The molecule has 1 unspecified atom stereocenters. The number of aryl methyl sites for hydroxylation is 1. The van der Waals surface area contributed by atoms with Crippen molar-refractivity contribution < 1.29 is 9.90 Å². The van der Waals surface area contributed by atoms with Gasteiger partial charge >= 0.3 is 5.97 Å². The van der Waals surface area contributed by atoms with Crippen molar-refractivity contribution in [1.29, 1.82) is 0 Å². The molecule has 1 heterocycles. The molecule has 0 bridgehead atoms. The third-order valence-corrected chi connectivity index (χ3v) is 5.56. The van der Waals surface area contributed by atoms with E-state index >= 15 is 0 Å². The van der Waals surface area contributed by atoms with Gasteiger partial charge in [-0.25, -0.2) is 0 Å². The van der Waals surface area contributed by atoms with Crippen molar-refractivity contribution in [1.82, 2.24) is 4.90 Å². The molecule has 1 aliphatic heterocycles. The zero-order valence-corrected chi connectivity index (χ0v) is 13.9. The molecule has 0 amide bonds. The minimum absolute atomic E-state index is 0.641. The number of carboxylic acids is 1. The van der Waals surface area contributed by atoms with E-state index in [9.17, 15) is 9.90 Å². The number of fused-ring (bicyclic) bond motifs is 1. The topological polar surface area (TPSA) is 40.5 Å². The lowest BCUT2D eigenvalue weighted by Crippen LogP contribution is -2.58. The highest BCUT2D eigenvalue weighted by molar-refractivity contribution is 9.10. The fourth-order valence-corrected chi connectivity index (χ4v) is 4.24. The summed E-state index contributed by atoms with van der Waals surface area (Å²) in [6.07, 6.45) is 6.95. The quantitative estimate of drug-likeness (QED) is 0.884. The van der Waals surface area contributed by atoms with Crippen molar-refractivity contribution in [3.8, 4) is 0 Å². The van der Waals surface area contributed by atoms with Gasteiger partial charge in [-0.05, 0) is 62.0 Å². The van der Waals surface area contributed by atoms with Gasteiger partial charge in [-0.3, -0.25) is 9.69 Å². The first-order chi connectivity index (χ1) is 10.1. The molecule has 1 aromatic carbocycles. The van der Waals surface area contributed by atoms with Crippen LogP contribution in [-0.4, -0.2) is 34.6 Å². The van der Waals surface area contributed by atoms with E-state index in [0.29, 0.717) is 6.42 Å². The Kier molecular flexibility index (Phi) is 4.36. The van der Waals surface area contributed by atoms with Crippen molar-refractivity contribution in [2.24, 2.45) is 0 Å². The number of carboxylic acid groups (broad SMARTS) is 1. The van der Waals surface area contributed by atoms with Crippen LogP contribution in [0.2, 0.25) is 0 Å². The Morgan fingerprint density at radius 3 is 2.52 bits per heavy atom. The van der Waals surface area contributed by atoms with E-state index in [1.165, 1.54) is 24.0 Å². The maximum Gasteiger partial charge on any atom is 0.324 e. The highest BCUT2D eigenvalue weighted by Crippen LogP contribution is 2.36. The molecule has 0 spiro atoms. The molecular formula is C17H22BrNO2. The molecule has 1 aliphatic carbocycles. The first-order valence-corrected chi connectivity index (χ1v) is 8.67. The summed E-state index contributed by atoms with van der Waals surface area (Å²) in [5, 5.41) is 9.96. The number of halogens is 1. The van der Waals surface area contributed by atoms with Crippen LogP contribution in [0.5, 0.6) is 0 Å². The Bertz CT molecular complexity index is 538. The smallest absolute Gasteiger partial charge is 0.324 e. The largest absolute Gasteiger partial charge is 0.480 e. The molecular weight excluding hydrogens is 330 g/mol. The van der Waals surface area contributed by atoms with Crippen molar-refractivity contribution in [2.45, 2.75) is 50.5 Å². The van der Waals surface area contributed by atoms with Gasteiger partial charge in [-0.2, -0.15) is 0 Å². The molecule has 2 aliphatic rings. The number of aliphatic carboxylic acids is 1. The molecule has 114 valence electrons. The van der Waals surface area contributed by atoms with Crippen LogP contribution < -0.4 is 0 Å². The molecule has 21 heavy (non-hydrogen) atoms. The fourth-order valence-electron chi connectivity index (χ4n) is 3.83. The molecule has 0 aromatic heterocycles. The molecule has 1 N–H and O–H groups in total. The Labute approximate surface area is 134 Å². The zero-order chi connectivity index (χ0) is 14.9. The average Bonchev–Trinajstić information content (AvgIpc) is 2.76. The van der Waals surface area contributed by atoms with Crippen LogP contribution in [0.15, 0.2) is 22.7 Å². The first-order valence-electron chi connectivity index (χ1n) is 7.88. The Balaban J connectivity index is 1.92. The van der Waals surface area contributed by atoms with Crippen LogP contribution in [-0.2, 0) is 17.6 Å². The lowest BCUT2D eigenvalue weighted by molar-refractivity contribution is -0.152. The van der Waals surface area contributed by atoms with Crippen LogP contribution >= 0.6 is 15.9 Å². The maximum absolute atomic E-state index is 12.1. The molecule has 3 nitrogen and oxygen atoms in total. The van der Waals surface area contributed by atoms with E-state index in [2.05, 4.69) is 33.0 Å². The summed E-state index contributed by atoms with van der Waals surface area (Å²) in [7, 11) is 0. The van der Waals surface area contributed by atoms with Crippen molar-refractivity contribution in [3.63, 3.8) is 0 Å². The zero-order valence-electron chi connectivity index (χ0n) is 12.3. The minimum Gasteiger partial charge on any atom is -0.480 e. The summed E-state index contributed by atoms with van der Waals surface area (Å²) in [6, 6.07) is 6.26. The predicted octanol–water partition coefficient (Wildman–Crippen LogP) is 3.64. The van der Waals surface area contributed by atoms with Gasteiger partial charge in [0.2, 0.25) is 0 Å².